The Morgan fingerprint density at radius 3 is 2.31 bits per heavy atom. The molecule has 0 aliphatic heterocycles. The minimum absolute atomic E-state index is 0. The third-order valence-corrected chi connectivity index (χ3v) is 1.64. The Hall–Kier alpha value is -1.66. The lowest BCUT2D eigenvalue weighted by Gasteiger charge is -2.05. The van der Waals surface area contributed by atoms with Crippen molar-refractivity contribution < 1.29 is 14.5 Å². The molecule has 0 aliphatic rings. The van der Waals surface area contributed by atoms with Gasteiger partial charge in [0.25, 0.3) is 5.69 Å². The fraction of sp³-hybridized carbons (Fsp3) is 0.222. The first-order valence-electron chi connectivity index (χ1n) is 4.22. The molecule has 0 aromatic heterocycles. The molecule has 7 heteroatoms. The van der Waals surface area contributed by atoms with Crippen molar-refractivity contribution in [1.82, 2.24) is 0 Å². The van der Waals surface area contributed by atoms with Gasteiger partial charge in [-0.05, 0) is 19.1 Å². The zero-order valence-corrected chi connectivity index (χ0v) is 9.27. The van der Waals surface area contributed by atoms with Gasteiger partial charge in [0, 0.05) is 12.1 Å². The molecule has 0 saturated carbocycles. The normalized spacial score (nSPS) is 11.1. The Bertz CT molecular complexity index is 378. The summed E-state index contributed by atoms with van der Waals surface area (Å²) in [7, 11) is 0. The predicted octanol–water partition coefficient (Wildman–Crippen LogP) is 1.27. The van der Waals surface area contributed by atoms with E-state index in [9.17, 15) is 14.9 Å². The molecule has 1 rings (SSSR count). The Labute approximate surface area is 97.9 Å². The SMILES string of the molecule is CC(N)C(=O)Oc1ccc([N+](=O)[O-])cc1.Cl. The summed E-state index contributed by atoms with van der Waals surface area (Å²) in [6.07, 6.45) is 0. The van der Waals surface area contributed by atoms with Gasteiger partial charge in [0.2, 0.25) is 0 Å². The van der Waals surface area contributed by atoms with Crippen LogP contribution < -0.4 is 10.5 Å². The third kappa shape index (κ3) is 3.84. The van der Waals surface area contributed by atoms with E-state index >= 15 is 0 Å². The number of rotatable bonds is 3. The summed E-state index contributed by atoms with van der Waals surface area (Å²) in [4.78, 5) is 20.8. The maximum atomic E-state index is 11.0. The summed E-state index contributed by atoms with van der Waals surface area (Å²) in [6.45, 7) is 1.49. The Balaban J connectivity index is 0.00000225. The van der Waals surface area contributed by atoms with Gasteiger partial charge in [-0.1, -0.05) is 0 Å². The molecule has 1 aromatic carbocycles. The molecule has 6 nitrogen and oxygen atoms in total. The number of hydrogen-bond donors (Lipinski definition) is 1. The van der Waals surface area contributed by atoms with E-state index in [0.29, 0.717) is 0 Å². The highest BCUT2D eigenvalue weighted by Gasteiger charge is 2.11. The fourth-order valence-electron chi connectivity index (χ4n) is 0.845. The first kappa shape index (κ1) is 14.3. The zero-order valence-electron chi connectivity index (χ0n) is 8.45. The Kier molecular flexibility index (Phi) is 5.41. The van der Waals surface area contributed by atoms with Crippen molar-refractivity contribution in [3.8, 4) is 5.75 Å². The average molecular weight is 247 g/mol. The van der Waals surface area contributed by atoms with Crippen LogP contribution in [0.5, 0.6) is 5.75 Å². The minimum Gasteiger partial charge on any atom is -0.425 e. The zero-order chi connectivity index (χ0) is 11.4. The molecule has 0 amide bonds. The molecule has 0 radical (unpaired) electrons. The molecular weight excluding hydrogens is 236 g/mol. The molecule has 1 aromatic rings. The van der Waals surface area contributed by atoms with E-state index in [-0.39, 0.29) is 23.8 Å². The van der Waals surface area contributed by atoms with E-state index in [2.05, 4.69) is 0 Å². The summed E-state index contributed by atoms with van der Waals surface area (Å²) in [6, 6.07) is 4.48. The summed E-state index contributed by atoms with van der Waals surface area (Å²) in [5.74, 6) is -0.341. The number of nitro groups is 1. The van der Waals surface area contributed by atoms with Crippen LogP contribution in [0, 0.1) is 10.1 Å². The van der Waals surface area contributed by atoms with Gasteiger partial charge in [-0.3, -0.25) is 10.1 Å². The van der Waals surface area contributed by atoms with Crippen molar-refractivity contribution in [1.29, 1.82) is 0 Å². The van der Waals surface area contributed by atoms with Gasteiger partial charge in [0.05, 0.1) is 4.92 Å². The maximum Gasteiger partial charge on any atom is 0.328 e. The van der Waals surface area contributed by atoms with E-state index < -0.39 is 16.9 Å². The van der Waals surface area contributed by atoms with E-state index in [1.165, 1.54) is 31.2 Å². The lowest BCUT2D eigenvalue weighted by Crippen LogP contribution is -2.30. The lowest BCUT2D eigenvalue weighted by atomic mass is 10.3. The van der Waals surface area contributed by atoms with Crippen LogP contribution in [0.15, 0.2) is 24.3 Å². The van der Waals surface area contributed by atoms with Crippen molar-refractivity contribution >= 4 is 24.1 Å². The van der Waals surface area contributed by atoms with Crippen LogP contribution in [0.25, 0.3) is 0 Å². The number of nitro benzene ring substituents is 1. The summed E-state index contributed by atoms with van der Waals surface area (Å²) < 4.78 is 4.82. The molecule has 0 heterocycles. The highest BCUT2D eigenvalue weighted by atomic mass is 35.5. The Morgan fingerprint density at radius 2 is 1.94 bits per heavy atom. The number of carbonyl (C=O) groups excluding carboxylic acids is 1. The highest BCUT2D eigenvalue weighted by Crippen LogP contribution is 2.17. The van der Waals surface area contributed by atoms with Crippen molar-refractivity contribution in [2.45, 2.75) is 13.0 Å². The van der Waals surface area contributed by atoms with Crippen molar-refractivity contribution in [2.75, 3.05) is 0 Å². The monoisotopic (exact) mass is 246 g/mol. The number of carbonyl (C=O) groups is 1. The standard InChI is InChI=1S/C9H10N2O4.ClH/c1-6(10)9(12)15-8-4-2-7(3-5-8)11(13)14;/h2-6H,10H2,1H3;1H. The largest absolute Gasteiger partial charge is 0.425 e. The average Bonchev–Trinajstić information content (AvgIpc) is 2.18. The van der Waals surface area contributed by atoms with Gasteiger partial charge in [0.15, 0.2) is 0 Å². The summed E-state index contributed by atoms with van der Waals surface area (Å²) in [5, 5.41) is 10.3. The molecule has 0 saturated heterocycles. The molecule has 1 atom stereocenters. The first-order chi connectivity index (χ1) is 7.00. The van der Waals surface area contributed by atoms with Crippen LogP contribution >= 0.6 is 12.4 Å². The van der Waals surface area contributed by atoms with Crippen LogP contribution in [-0.4, -0.2) is 16.9 Å². The summed E-state index contributed by atoms with van der Waals surface area (Å²) in [5.41, 5.74) is 5.22. The molecular formula is C9H11ClN2O4. The van der Waals surface area contributed by atoms with Gasteiger partial charge in [-0.15, -0.1) is 12.4 Å². The lowest BCUT2D eigenvalue weighted by molar-refractivity contribution is -0.384. The Morgan fingerprint density at radius 1 is 1.44 bits per heavy atom. The number of halogens is 1. The van der Waals surface area contributed by atoms with E-state index in [1.807, 2.05) is 0 Å². The molecule has 1 unspecified atom stereocenters. The molecule has 16 heavy (non-hydrogen) atoms. The quantitative estimate of drug-likeness (QED) is 0.375. The van der Waals surface area contributed by atoms with E-state index in [0.717, 1.165) is 0 Å². The second-order valence-corrected chi connectivity index (χ2v) is 2.96. The smallest absolute Gasteiger partial charge is 0.328 e. The fourth-order valence-corrected chi connectivity index (χ4v) is 0.845. The molecule has 0 bridgehead atoms. The predicted molar refractivity (Wildman–Crippen MR) is 59.6 cm³/mol. The van der Waals surface area contributed by atoms with Crippen LogP contribution in [0.4, 0.5) is 5.69 Å². The van der Waals surface area contributed by atoms with Crippen LogP contribution in [-0.2, 0) is 4.79 Å². The molecule has 88 valence electrons. The van der Waals surface area contributed by atoms with Crippen LogP contribution in [0.2, 0.25) is 0 Å². The number of ether oxygens (including phenoxy) is 1. The van der Waals surface area contributed by atoms with Gasteiger partial charge in [-0.2, -0.15) is 0 Å². The number of nitrogens with two attached hydrogens (primary N) is 1. The molecule has 0 aliphatic carbocycles. The number of non-ortho nitro benzene ring substituents is 1. The number of esters is 1. The first-order valence-corrected chi connectivity index (χ1v) is 4.22. The van der Waals surface area contributed by atoms with Gasteiger partial charge >= 0.3 is 5.97 Å². The van der Waals surface area contributed by atoms with Crippen molar-refractivity contribution in [3.05, 3.63) is 34.4 Å². The molecule has 0 fully saturated rings. The van der Waals surface area contributed by atoms with E-state index in [1.54, 1.807) is 0 Å². The third-order valence-electron chi connectivity index (χ3n) is 1.64. The minimum atomic E-state index is -0.722. The topological polar surface area (TPSA) is 95.5 Å². The van der Waals surface area contributed by atoms with Gasteiger partial charge in [-0.25, -0.2) is 4.79 Å². The highest BCUT2D eigenvalue weighted by molar-refractivity contribution is 5.85. The van der Waals surface area contributed by atoms with Crippen LogP contribution in [0.3, 0.4) is 0 Å². The number of hydrogen-bond acceptors (Lipinski definition) is 5. The van der Waals surface area contributed by atoms with Gasteiger partial charge in [0.1, 0.15) is 11.8 Å². The van der Waals surface area contributed by atoms with Gasteiger partial charge < -0.3 is 10.5 Å². The maximum absolute atomic E-state index is 11.0. The second kappa shape index (κ2) is 6.04. The molecule has 2 N–H and O–H groups in total. The summed E-state index contributed by atoms with van der Waals surface area (Å²) >= 11 is 0. The van der Waals surface area contributed by atoms with Crippen molar-refractivity contribution in [2.24, 2.45) is 5.73 Å². The molecule has 0 spiro atoms. The number of benzene rings is 1. The van der Waals surface area contributed by atoms with Crippen LogP contribution in [0.1, 0.15) is 6.92 Å². The number of nitrogens with zero attached hydrogens (tertiary/aromatic N) is 1. The van der Waals surface area contributed by atoms with E-state index in [4.69, 9.17) is 10.5 Å². The second-order valence-electron chi connectivity index (χ2n) is 2.96. The van der Waals surface area contributed by atoms with Crippen molar-refractivity contribution in [3.63, 3.8) is 0 Å².